The number of nitrogens with one attached hydrogen (secondary N) is 2. The first-order valence-electron chi connectivity index (χ1n) is 11.2. The molecule has 4 N–H and O–H groups in total. The van der Waals surface area contributed by atoms with Gasteiger partial charge in [-0.05, 0) is 34.4 Å². The molecule has 7 nitrogen and oxygen atoms in total. The molecule has 1 aliphatic carbocycles. The highest BCUT2D eigenvalue weighted by atomic mass is 32.2. The minimum Gasteiger partial charge on any atom is -0.384 e. The second kappa shape index (κ2) is 11.8. The predicted octanol–water partition coefficient (Wildman–Crippen LogP) is 3.54. The summed E-state index contributed by atoms with van der Waals surface area (Å²) in [5.74, 6) is -0.0159. The van der Waals surface area contributed by atoms with Gasteiger partial charge in [0.05, 0.1) is 6.26 Å². The van der Waals surface area contributed by atoms with E-state index in [9.17, 15) is 13.2 Å². The monoisotopic (exact) mass is 468 g/mol. The highest BCUT2D eigenvalue weighted by Gasteiger charge is 2.23. The summed E-state index contributed by atoms with van der Waals surface area (Å²) < 4.78 is 26.0. The van der Waals surface area contributed by atoms with E-state index in [1.165, 1.54) is 32.1 Å². The van der Waals surface area contributed by atoms with Crippen molar-refractivity contribution in [1.82, 2.24) is 15.0 Å². The average molecular weight is 469 g/mol. The van der Waals surface area contributed by atoms with Gasteiger partial charge in [0.1, 0.15) is 11.9 Å². The first-order valence-corrected chi connectivity index (χ1v) is 13.1. The number of benzene rings is 2. The number of amides is 1. The largest absolute Gasteiger partial charge is 0.384 e. The molecule has 1 saturated carbocycles. The fourth-order valence-electron chi connectivity index (χ4n) is 3.87. The van der Waals surface area contributed by atoms with Crippen LogP contribution in [0.3, 0.4) is 0 Å². The van der Waals surface area contributed by atoms with E-state index in [-0.39, 0.29) is 13.0 Å². The molecule has 1 aliphatic rings. The van der Waals surface area contributed by atoms with E-state index < -0.39 is 22.0 Å². The van der Waals surface area contributed by atoms with Gasteiger partial charge in [-0.1, -0.05) is 80.6 Å². The van der Waals surface area contributed by atoms with Crippen LogP contribution in [-0.2, 0) is 27.8 Å². The molecule has 176 valence electrons. The average Bonchev–Trinajstić information content (AvgIpc) is 3.38. The minimum absolute atomic E-state index is 0.226. The second-order valence-electron chi connectivity index (χ2n) is 8.36. The summed E-state index contributed by atoms with van der Waals surface area (Å²) in [6.07, 6.45) is 10.3. The van der Waals surface area contributed by atoms with Gasteiger partial charge in [0, 0.05) is 12.7 Å². The van der Waals surface area contributed by atoms with E-state index in [2.05, 4.69) is 15.0 Å². The molecule has 0 radical (unpaired) electrons. The Morgan fingerprint density at radius 3 is 2.30 bits per heavy atom. The van der Waals surface area contributed by atoms with Crippen LogP contribution in [0.25, 0.3) is 10.8 Å². The molecule has 33 heavy (non-hydrogen) atoms. The Labute approximate surface area is 195 Å². The van der Waals surface area contributed by atoms with Crippen molar-refractivity contribution in [2.24, 2.45) is 0 Å². The van der Waals surface area contributed by atoms with Crippen molar-refractivity contribution in [1.29, 1.82) is 0 Å². The summed E-state index contributed by atoms with van der Waals surface area (Å²) in [6, 6.07) is 16.0. The number of nitrogens with zero attached hydrogens (tertiary/aromatic N) is 1. The first kappa shape index (κ1) is 24.7. The molecule has 0 aliphatic heterocycles. The number of anilines is 1. The molecule has 1 aromatic heterocycles. The van der Waals surface area contributed by atoms with E-state index in [0.717, 1.165) is 28.2 Å². The van der Waals surface area contributed by atoms with E-state index in [1.807, 2.05) is 42.5 Å². The molecule has 3 aromatic rings. The molecule has 2 aromatic carbocycles. The van der Waals surface area contributed by atoms with E-state index in [1.54, 1.807) is 18.3 Å². The topological polar surface area (TPSA) is 114 Å². The number of rotatable bonds is 7. The summed E-state index contributed by atoms with van der Waals surface area (Å²) in [6.45, 7) is 0.226. The SMILES string of the molecule is C1CCCC1.CS(=O)(=O)NC(Cc1cccc2ccccc12)C(=O)NCc1ccc(N)nc1. The van der Waals surface area contributed by atoms with Gasteiger partial charge >= 0.3 is 0 Å². The third-order valence-corrected chi connectivity index (χ3v) is 6.25. The highest BCUT2D eigenvalue weighted by molar-refractivity contribution is 7.88. The number of fused-ring (bicyclic) bond motifs is 1. The third kappa shape index (κ3) is 8.14. The standard InChI is InChI=1S/C20H22N4O3S.C5H10/c1-28(26,27)24-18(20(25)23-13-14-9-10-19(21)22-12-14)11-16-7-4-6-15-5-2-3-8-17(15)16;1-2-4-5-3-1/h2-10,12,18,24H,11,13H2,1H3,(H2,21,22)(H,23,25);1-5H2. The van der Waals surface area contributed by atoms with E-state index in [0.29, 0.717) is 5.82 Å². The Bertz CT molecular complexity index is 1150. The zero-order valence-corrected chi connectivity index (χ0v) is 19.8. The van der Waals surface area contributed by atoms with Gasteiger partial charge < -0.3 is 11.1 Å². The Morgan fingerprint density at radius 1 is 1.00 bits per heavy atom. The fourth-order valence-corrected chi connectivity index (χ4v) is 4.58. The van der Waals surface area contributed by atoms with Crippen molar-refractivity contribution < 1.29 is 13.2 Å². The highest BCUT2D eigenvalue weighted by Crippen LogP contribution is 2.20. The summed E-state index contributed by atoms with van der Waals surface area (Å²) >= 11 is 0. The molecule has 1 amide bonds. The molecule has 0 saturated heterocycles. The van der Waals surface area contributed by atoms with Gasteiger partial charge in [-0.3, -0.25) is 4.79 Å². The molecule has 1 atom stereocenters. The van der Waals surface area contributed by atoms with Crippen LogP contribution in [0.2, 0.25) is 0 Å². The van der Waals surface area contributed by atoms with Crippen molar-refractivity contribution in [3.63, 3.8) is 0 Å². The lowest BCUT2D eigenvalue weighted by Gasteiger charge is -2.18. The summed E-state index contributed by atoms with van der Waals surface area (Å²) in [5.41, 5.74) is 7.22. The van der Waals surface area contributed by atoms with Crippen molar-refractivity contribution in [2.75, 3.05) is 12.0 Å². The third-order valence-electron chi connectivity index (χ3n) is 5.54. The van der Waals surface area contributed by atoms with Crippen molar-refractivity contribution >= 4 is 32.5 Å². The maximum Gasteiger partial charge on any atom is 0.238 e. The molecule has 0 spiro atoms. The smallest absolute Gasteiger partial charge is 0.238 e. The summed E-state index contributed by atoms with van der Waals surface area (Å²) in [7, 11) is -3.57. The van der Waals surface area contributed by atoms with E-state index in [4.69, 9.17) is 5.73 Å². The number of nitrogens with two attached hydrogens (primary N) is 1. The van der Waals surface area contributed by atoms with Crippen LogP contribution >= 0.6 is 0 Å². The van der Waals surface area contributed by atoms with Crippen LogP contribution in [-0.4, -0.2) is 31.6 Å². The van der Waals surface area contributed by atoms with Gasteiger partial charge in [-0.25, -0.2) is 18.1 Å². The van der Waals surface area contributed by atoms with Crippen molar-refractivity contribution in [2.45, 2.75) is 51.1 Å². The van der Waals surface area contributed by atoms with Gasteiger partial charge in [0.25, 0.3) is 0 Å². The van der Waals surface area contributed by atoms with Crippen LogP contribution < -0.4 is 15.8 Å². The van der Waals surface area contributed by atoms with E-state index >= 15 is 0 Å². The normalized spacial score (nSPS) is 14.3. The van der Waals surface area contributed by atoms with Gasteiger partial charge in [0.2, 0.25) is 15.9 Å². The number of hydrogen-bond donors (Lipinski definition) is 3. The summed E-state index contributed by atoms with van der Waals surface area (Å²) in [4.78, 5) is 16.7. The fraction of sp³-hybridized carbons (Fsp3) is 0.360. The molecular weight excluding hydrogens is 436 g/mol. The number of pyridine rings is 1. The van der Waals surface area contributed by atoms with Crippen molar-refractivity contribution in [3.8, 4) is 0 Å². The van der Waals surface area contributed by atoms with Gasteiger partial charge in [-0.2, -0.15) is 0 Å². The predicted molar refractivity (Wildman–Crippen MR) is 133 cm³/mol. The maximum atomic E-state index is 12.7. The van der Waals surface area contributed by atoms with Crippen LogP contribution in [0.4, 0.5) is 5.82 Å². The lowest BCUT2D eigenvalue weighted by Crippen LogP contribution is -2.47. The number of sulfonamides is 1. The molecular formula is C25H32N4O3S. The lowest BCUT2D eigenvalue weighted by molar-refractivity contribution is -0.122. The Kier molecular flexibility index (Phi) is 8.79. The number of carbonyl (C=O) groups is 1. The van der Waals surface area contributed by atoms with Crippen molar-refractivity contribution in [3.05, 3.63) is 71.9 Å². The molecule has 1 unspecified atom stereocenters. The van der Waals surface area contributed by atoms with Crippen LogP contribution in [0, 0.1) is 0 Å². The zero-order chi connectivity index (χ0) is 23.7. The summed E-state index contributed by atoms with van der Waals surface area (Å²) in [5, 5.41) is 4.78. The molecule has 1 fully saturated rings. The van der Waals surface area contributed by atoms with Gasteiger partial charge in [0.15, 0.2) is 0 Å². The quantitative estimate of drug-likeness (QED) is 0.491. The molecule has 1 heterocycles. The minimum atomic E-state index is -3.57. The number of carbonyl (C=O) groups excluding carboxylic acids is 1. The second-order valence-corrected chi connectivity index (χ2v) is 10.1. The van der Waals surface area contributed by atoms with Gasteiger partial charge in [-0.15, -0.1) is 0 Å². The molecule has 4 rings (SSSR count). The number of nitrogen functional groups attached to an aromatic ring is 1. The Morgan fingerprint density at radius 2 is 1.67 bits per heavy atom. The molecule has 8 heteroatoms. The maximum absolute atomic E-state index is 12.7. The van der Waals surface area contributed by atoms with Crippen LogP contribution in [0.5, 0.6) is 0 Å². The number of aromatic nitrogens is 1. The number of hydrogen-bond acceptors (Lipinski definition) is 5. The zero-order valence-electron chi connectivity index (χ0n) is 19.0. The molecule has 0 bridgehead atoms. The van der Waals surface area contributed by atoms with Crippen LogP contribution in [0.1, 0.15) is 43.2 Å². The van der Waals surface area contributed by atoms with Crippen LogP contribution in [0.15, 0.2) is 60.8 Å². The Hall–Kier alpha value is -2.97. The lowest BCUT2D eigenvalue weighted by atomic mass is 9.99. The first-order chi connectivity index (χ1) is 15.8. The Balaban J connectivity index is 0.000000541.